The van der Waals surface area contributed by atoms with Crippen molar-refractivity contribution in [2.24, 2.45) is 0 Å². The zero-order chi connectivity index (χ0) is 15.1. The lowest BCUT2D eigenvalue weighted by molar-refractivity contribution is -0.132. The SMILES string of the molecule is CCN(CC)C(=O)CN(C)CC(O)c1cccc(Br)c1. The van der Waals surface area contributed by atoms with Crippen molar-refractivity contribution < 1.29 is 9.90 Å². The molecule has 0 fully saturated rings. The second-order valence-electron chi connectivity index (χ2n) is 4.83. The summed E-state index contributed by atoms with van der Waals surface area (Å²) in [6.45, 7) is 6.14. The highest BCUT2D eigenvalue weighted by Crippen LogP contribution is 2.18. The fourth-order valence-electron chi connectivity index (χ4n) is 2.09. The van der Waals surface area contributed by atoms with Gasteiger partial charge in [-0.1, -0.05) is 28.1 Å². The minimum absolute atomic E-state index is 0.0962. The van der Waals surface area contributed by atoms with Crippen molar-refractivity contribution in [1.29, 1.82) is 0 Å². The molecule has 1 unspecified atom stereocenters. The van der Waals surface area contributed by atoms with Crippen LogP contribution >= 0.6 is 15.9 Å². The van der Waals surface area contributed by atoms with Gasteiger partial charge in [-0.2, -0.15) is 0 Å². The van der Waals surface area contributed by atoms with Crippen LogP contribution in [0.15, 0.2) is 28.7 Å². The molecular weight excluding hydrogens is 320 g/mol. The molecule has 0 aliphatic heterocycles. The van der Waals surface area contributed by atoms with E-state index in [1.807, 2.05) is 50.1 Å². The first kappa shape index (κ1) is 17.1. The molecule has 1 amide bonds. The van der Waals surface area contributed by atoms with Crippen LogP contribution in [0.4, 0.5) is 0 Å². The standard InChI is InChI=1S/C15H23BrN2O2/c1-4-18(5-2)15(20)11-17(3)10-14(19)12-7-6-8-13(16)9-12/h6-9,14,19H,4-5,10-11H2,1-3H3. The summed E-state index contributed by atoms with van der Waals surface area (Å²) in [4.78, 5) is 15.6. The van der Waals surface area contributed by atoms with Gasteiger partial charge < -0.3 is 10.0 Å². The van der Waals surface area contributed by atoms with Crippen molar-refractivity contribution in [3.05, 3.63) is 34.3 Å². The molecule has 20 heavy (non-hydrogen) atoms. The molecule has 0 heterocycles. The average Bonchev–Trinajstić information content (AvgIpc) is 2.39. The van der Waals surface area contributed by atoms with E-state index in [-0.39, 0.29) is 5.91 Å². The summed E-state index contributed by atoms with van der Waals surface area (Å²) in [5, 5.41) is 10.2. The second kappa shape index (κ2) is 8.39. The molecule has 5 heteroatoms. The molecule has 0 saturated carbocycles. The first-order chi connectivity index (χ1) is 9.47. The van der Waals surface area contributed by atoms with Crippen molar-refractivity contribution in [1.82, 2.24) is 9.80 Å². The molecule has 0 spiro atoms. The summed E-state index contributed by atoms with van der Waals surface area (Å²) in [6, 6.07) is 7.59. The first-order valence-corrected chi connectivity index (χ1v) is 7.67. The third kappa shape index (κ3) is 5.23. The van der Waals surface area contributed by atoms with Crippen LogP contribution in [0.1, 0.15) is 25.5 Å². The molecular formula is C15H23BrN2O2. The van der Waals surface area contributed by atoms with E-state index in [4.69, 9.17) is 0 Å². The minimum Gasteiger partial charge on any atom is -0.387 e. The normalized spacial score (nSPS) is 12.5. The number of amides is 1. The molecule has 1 rings (SSSR count). The van der Waals surface area contributed by atoms with Crippen molar-refractivity contribution >= 4 is 21.8 Å². The van der Waals surface area contributed by atoms with E-state index in [2.05, 4.69) is 15.9 Å². The molecule has 0 aromatic heterocycles. The lowest BCUT2D eigenvalue weighted by Crippen LogP contribution is -2.40. The van der Waals surface area contributed by atoms with E-state index >= 15 is 0 Å². The fourth-order valence-corrected chi connectivity index (χ4v) is 2.50. The molecule has 0 aliphatic rings. The van der Waals surface area contributed by atoms with Crippen LogP contribution in [-0.4, -0.2) is 54.0 Å². The number of aliphatic hydroxyl groups is 1. The number of carbonyl (C=O) groups excluding carboxylic acids is 1. The average molecular weight is 343 g/mol. The summed E-state index contributed by atoms with van der Waals surface area (Å²) in [5.74, 6) is 0.0962. The van der Waals surface area contributed by atoms with Gasteiger partial charge in [0.05, 0.1) is 12.6 Å². The molecule has 1 N–H and O–H groups in total. The Kier molecular flexibility index (Phi) is 7.19. The van der Waals surface area contributed by atoms with Crippen LogP contribution in [0.2, 0.25) is 0 Å². The Balaban J connectivity index is 2.53. The first-order valence-electron chi connectivity index (χ1n) is 6.87. The van der Waals surface area contributed by atoms with Gasteiger partial charge in [0.25, 0.3) is 0 Å². The lowest BCUT2D eigenvalue weighted by atomic mass is 10.1. The quantitative estimate of drug-likeness (QED) is 0.826. The number of halogens is 1. The molecule has 0 aliphatic carbocycles. The molecule has 1 atom stereocenters. The van der Waals surface area contributed by atoms with Gasteiger partial charge in [-0.25, -0.2) is 0 Å². The highest BCUT2D eigenvalue weighted by atomic mass is 79.9. The number of hydrogen-bond acceptors (Lipinski definition) is 3. The monoisotopic (exact) mass is 342 g/mol. The maximum absolute atomic E-state index is 12.0. The number of carbonyl (C=O) groups is 1. The Morgan fingerprint density at radius 2 is 2.00 bits per heavy atom. The Hall–Kier alpha value is -0.910. The number of aliphatic hydroxyl groups excluding tert-OH is 1. The van der Waals surface area contributed by atoms with Gasteiger partial charge in [0, 0.05) is 24.1 Å². The van der Waals surface area contributed by atoms with Gasteiger partial charge in [-0.05, 0) is 38.6 Å². The van der Waals surface area contributed by atoms with Crippen LogP contribution in [0.5, 0.6) is 0 Å². The molecule has 112 valence electrons. The van der Waals surface area contributed by atoms with Crippen LogP contribution in [0, 0.1) is 0 Å². The smallest absolute Gasteiger partial charge is 0.236 e. The number of benzene rings is 1. The maximum atomic E-state index is 12.0. The molecule has 4 nitrogen and oxygen atoms in total. The minimum atomic E-state index is -0.595. The lowest BCUT2D eigenvalue weighted by Gasteiger charge is -2.24. The molecule has 0 bridgehead atoms. The molecule has 0 radical (unpaired) electrons. The zero-order valence-electron chi connectivity index (χ0n) is 12.3. The van der Waals surface area contributed by atoms with Crippen LogP contribution in [0.3, 0.4) is 0 Å². The van der Waals surface area contributed by atoms with E-state index in [1.165, 1.54) is 0 Å². The third-order valence-electron chi connectivity index (χ3n) is 3.24. The van der Waals surface area contributed by atoms with E-state index in [0.29, 0.717) is 13.1 Å². The predicted octanol–water partition coefficient (Wildman–Crippen LogP) is 2.28. The van der Waals surface area contributed by atoms with E-state index in [9.17, 15) is 9.90 Å². The third-order valence-corrected chi connectivity index (χ3v) is 3.73. The topological polar surface area (TPSA) is 43.8 Å². The van der Waals surface area contributed by atoms with Gasteiger partial charge in [-0.15, -0.1) is 0 Å². The Bertz CT molecular complexity index is 436. The summed E-state index contributed by atoms with van der Waals surface area (Å²) in [7, 11) is 1.85. The van der Waals surface area contributed by atoms with Gasteiger partial charge >= 0.3 is 0 Å². The Morgan fingerprint density at radius 1 is 1.35 bits per heavy atom. The zero-order valence-corrected chi connectivity index (χ0v) is 13.9. The Morgan fingerprint density at radius 3 is 2.55 bits per heavy atom. The maximum Gasteiger partial charge on any atom is 0.236 e. The van der Waals surface area contributed by atoms with Crippen LogP contribution in [0.25, 0.3) is 0 Å². The van der Waals surface area contributed by atoms with Crippen molar-refractivity contribution in [2.75, 3.05) is 33.2 Å². The van der Waals surface area contributed by atoms with Gasteiger partial charge in [0.1, 0.15) is 0 Å². The van der Waals surface area contributed by atoms with E-state index in [1.54, 1.807) is 4.90 Å². The highest BCUT2D eigenvalue weighted by molar-refractivity contribution is 9.10. The number of rotatable bonds is 7. The largest absolute Gasteiger partial charge is 0.387 e. The number of nitrogens with zero attached hydrogens (tertiary/aromatic N) is 2. The van der Waals surface area contributed by atoms with Crippen molar-refractivity contribution in [3.63, 3.8) is 0 Å². The molecule has 1 aromatic carbocycles. The second-order valence-corrected chi connectivity index (χ2v) is 5.75. The highest BCUT2D eigenvalue weighted by Gasteiger charge is 2.16. The number of hydrogen-bond donors (Lipinski definition) is 1. The van der Waals surface area contributed by atoms with Crippen molar-refractivity contribution in [2.45, 2.75) is 20.0 Å². The summed E-state index contributed by atoms with van der Waals surface area (Å²) < 4.78 is 0.941. The van der Waals surface area contributed by atoms with Crippen LogP contribution < -0.4 is 0 Å². The predicted molar refractivity (Wildman–Crippen MR) is 84.5 cm³/mol. The number of likely N-dealkylation sites (N-methyl/N-ethyl adjacent to an activating group) is 2. The van der Waals surface area contributed by atoms with E-state index in [0.717, 1.165) is 23.1 Å². The van der Waals surface area contributed by atoms with Crippen LogP contribution in [-0.2, 0) is 4.79 Å². The van der Waals surface area contributed by atoms with Gasteiger partial charge in [0.15, 0.2) is 0 Å². The van der Waals surface area contributed by atoms with Gasteiger partial charge in [0.2, 0.25) is 5.91 Å². The van der Waals surface area contributed by atoms with Gasteiger partial charge in [-0.3, -0.25) is 9.69 Å². The summed E-state index contributed by atoms with van der Waals surface area (Å²) in [6.07, 6.45) is -0.595. The van der Waals surface area contributed by atoms with Crippen molar-refractivity contribution in [3.8, 4) is 0 Å². The fraction of sp³-hybridized carbons (Fsp3) is 0.533. The molecule has 0 saturated heterocycles. The molecule has 1 aromatic rings. The summed E-state index contributed by atoms with van der Waals surface area (Å²) >= 11 is 3.39. The van der Waals surface area contributed by atoms with E-state index < -0.39 is 6.10 Å². The Labute approximate surface area is 129 Å². The summed E-state index contributed by atoms with van der Waals surface area (Å²) in [5.41, 5.74) is 0.849.